The minimum absolute atomic E-state index is 0.0498. The molecule has 1 heterocycles. The van der Waals surface area contributed by atoms with Crippen LogP contribution in [0.3, 0.4) is 0 Å². The Balaban J connectivity index is 2.11. The van der Waals surface area contributed by atoms with E-state index in [1.54, 1.807) is 25.1 Å². The van der Waals surface area contributed by atoms with E-state index in [1.807, 2.05) is 0 Å². The highest BCUT2D eigenvalue weighted by Gasteiger charge is 2.28. The fourth-order valence-electron chi connectivity index (χ4n) is 1.69. The van der Waals surface area contributed by atoms with E-state index >= 15 is 0 Å². The molecule has 106 valence electrons. The van der Waals surface area contributed by atoms with Gasteiger partial charge in [-0.25, -0.2) is 4.79 Å². The quantitative estimate of drug-likeness (QED) is 0.473. The van der Waals surface area contributed by atoms with Crippen molar-refractivity contribution in [3.8, 4) is 11.5 Å². The molecule has 0 saturated heterocycles. The van der Waals surface area contributed by atoms with Gasteiger partial charge in [0.05, 0.1) is 11.5 Å². The molecule has 0 amide bonds. The Labute approximate surface area is 114 Å². The molecule has 0 unspecified atom stereocenters. The first-order chi connectivity index (χ1) is 9.60. The molecule has 2 rings (SSSR count). The highest BCUT2D eigenvalue weighted by Crippen LogP contribution is 2.33. The molecule has 7 heteroatoms. The van der Waals surface area contributed by atoms with Crippen molar-refractivity contribution in [1.29, 1.82) is 0 Å². The van der Waals surface area contributed by atoms with Crippen molar-refractivity contribution in [3.63, 3.8) is 0 Å². The molecule has 1 aromatic carbocycles. The Morgan fingerprint density at radius 3 is 3.05 bits per heavy atom. The van der Waals surface area contributed by atoms with Crippen LogP contribution in [0.25, 0.3) is 6.08 Å². The maximum Gasteiger partial charge on any atom is 0.350 e. The first-order valence-corrected chi connectivity index (χ1v) is 6.02. The van der Waals surface area contributed by atoms with Gasteiger partial charge in [0.25, 0.3) is 0 Å². The smallest absolute Gasteiger partial charge is 0.350 e. The number of nitro groups is 1. The molecule has 0 N–H and O–H groups in total. The van der Waals surface area contributed by atoms with Gasteiger partial charge in [-0.3, -0.25) is 10.1 Å². The third-order valence-corrected chi connectivity index (χ3v) is 2.57. The third-order valence-electron chi connectivity index (χ3n) is 2.57. The lowest BCUT2D eigenvalue weighted by Crippen LogP contribution is -2.37. The molecule has 1 aromatic rings. The van der Waals surface area contributed by atoms with Crippen LogP contribution < -0.4 is 9.47 Å². The fourth-order valence-corrected chi connectivity index (χ4v) is 1.69. The average molecular weight is 279 g/mol. The molecule has 0 bridgehead atoms. The van der Waals surface area contributed by atoms with Gasteiger partial charge in [-0.1, -0.05) is 6.07 Å². The molecule has 0 aliphatic carbocycles. The van der Waals surface area contributed by atoms with Crippen LogP contribution in [0.2, 0.25) is 0 Å². The van der Waals surface area contributed by atoms with Crippen molar-refractivity contribution in [2.75, 3.05) is 13.2 Å². The van der Waals surface area contributed by atoms with E-state index in [-0.39, 0.29) is 13.2 Å². The van der Waals surface area contributed by atoms with Gasteiger partial charge in [-0.15, -0.1) is 0 Å². The summed E-state index contributed by atoms with van der Waals surface area (Å²) >= 11 is 0. The number of carbonyl (C=O) groups is 1. The van der Waals surface area contributed by atoms with Gasteiger partial charge in [0.15, 0.2) is 11.5 Å². The maximum atomic E-state index is 11.5. The molecule has 0 aromatic heterocycles. The van der Waals surface area contributed by atoms with Crippen molar-refractivity contribution >= 4 is 12.0 Å². The number of fused-ring (bicyclic) bond motifs is 1. The summed E-state index contributed by atoms with van der Waals surface area (Å²) in [5, 5.41) is 10.3. The second-order valence-corrected chi connectivity index (χ2v) is 3.98. The predicted molar refractivity (Wildman–Crippen MR) is 69.0 cm³/mol. The van der Waals surface area contributed by atoms with E-state index in [0.29, 0.717) is 17.1 Å². The number of hydrogen-bond acceptors (Lipinski definition) is 6. The molecule has 20 heavy (non-hydrogen) atoms. The number of nitrogens with zero attached hydrogens (tertiary/aromatic N) is 1. The monoisotopic (exact) mass is 279 g/mol. The minimum Gasteiger partial charge on any atom is -0.485 e. The van der Waals surface area contributed by atoms with E-state index in [9.17, 15) is 14.9 Å². The lowest BCUT2D eigenvalue weighted by atomic mass is 10.2. The highest BCUT2D eigenvalue weighted by atomic mass is 16.6. The molecule has 0 fully saturated rings. The van der Waals surface area contributed by atoms with Gasteiger partial charge in [0.1, 0.15) is 6.61 Å². The predicted octanol–water partition coefficient (Wildman–Crippen LogP) is 1.64. The zero-order chi connectivity index (χ0) is 14.5. The number of esters is 1. The van der Waals surface area contributed by atoms with Crippen LogP contribution in [0.5, 0.6) is 11.5 Å². The van der Waals surface area contributed by atoms with Crippen molar-refractivity contribution < 1.29 is 23.9 Å². The van der Waals surface area contributed by atoms with Gasteiger partial charge in [0, 0.05) is 6.08 Å². The summed E-state index contributed by atoms with van der Waals surface area (Å²) in [4.78, 5) is 21.2. The van der Waals surface area contributed by atoms with Crippen molar-refractivity contribution in [1.82, 2.24) is 0 Å². The summed E-state index contributed by atoms with van der Waals surface area (Å²) in [7, 11) is 0. The number of benzene rings is 1. The van der Waals surface area contributed by atoms with Gasteiger partial charge < -0.3 is 14.2 Å². The largest absolute Gasteiger partial charge is 0.485 e. The summed E-state index contributed by atoms with van der Waals surface area (Å²) in [5.41, 5.74) is 0.610. The SMILES string of the molecule is CCOC(=O)[C@H]1COc2cc(/C=C/[N+](=O)[O-])ccc2O1. The van der Waals surface area contributed by atoms with E-state index in [2.05, 4.69) is 0 Å². The molecule has 0 saturated carbocycles. The topological polar surface area (TPSA) is 87.9 Å². The van der Waals surface area contributed by atoms with Gasteiger partial charge in [-0.05, 0) is 24.6 Å². The molecule has 1 atom stereocenters. The minimum atomic E-state index is -0.789. The Bertz CT molecular complexity index is 554. The first-order valence-electron chi connectivity index (χ1n) is 6.02. The van der Waals surface area contributed by atoms with E-state index in [1.165, 1.54) is 6.08 Å². The van der Waals surface area contributed by atoms with Gasteiger partial charge in [-0.2, -0.15) is 0 Å². The number of rotatable bonds is 4. The van der Waals surface area contributed by atoms with Crippen molar-refractivity contribution in [2.45, 2.75) is 13.0 Å². The Morgan fingerprint density at radius 2 is 2.35 bits per heavy atom. The van der Waals surface area contributed by atoms with Crippen LogP contribution in [0.15, 0.2) is 24.4 Å². The Kier molecular flexibility index (Phi) is 4.19. The summed E-state index contributed by atoms with van der Waals surface area (Å²) in [6, 6.07) is 4.84. The standard InChI is InChI=1S/C13H13NO6/c1-2-18-13(15)12-8-19-11-7-9(5-6-14(16)17)3-4-10(11)20-12/h3-7,12H,2,8H2,1H3/b6-5+/t12-/m1/s1. The van der Waals surface area contributed by atoms with Crippen LogP contribution in [0.1, 0.15) is 12.5 Å². The molecular formula is C13H13NO6. The number of ether oxygens (including phenoxy) is 3. The molecule has 0 spiro atoms. The summed E-state index contributed by atoms with van der Waals surface area (Å²) in [6.07, 6.45) is 1.40. The third kappa shape index (κ3) is 3.25. The Morgan fingerprint density at radius 1 is 1.55 bits per heavy atom. The normalized spacial score (nSPS) is 16.9. The Hall–Kier alpha value is -2.57. The lowest BCUT2D eigenvalue weighted by Gasteiger charge is -2.25. The van der Waals surface area contributed by atoms with Crippen LogP contribution in [0.4, 0.5) is 0 Å². The van der Waals surface area contributed by atoms with Crippen molar-refractivity contribution in [2.24, 2.45) is 0 Å². The molecule has 0 radical (unpaired) electrons. The van der Waals surface area contributed by atoms with Crippen LogP contribution in [-0.4, -0.2) is 30.2 Å². The molecular weight excluding hydrogens is 266 g/mol. The van der Waals surface area contributed by atoms with Gasteiger partial charge >= 0.3 is 5.97 Å². The fraction of sp³-hybridized carbons (Fsp3) is 0.308. The van der Waals surface area contributed by atoms with Crippen LogP contribution >= 0.6 is 0 Å². The van der Waals surface area contributed by atoms with Gasteiger partial charge in [0.2, 0.25) is 12.3 Å². The molecule has 1 aliphatic rings. The van der Waals surface area contributed by atoms with E-state index in [0.717, 1.165) is 6.20 Å². The van der Waals surface area contributed by atoms with E-state index < -0.39 is 17.0 Å². The van der Waals surface area contributed by atoms with Crippen molar-refractivity contribution in [3.05, 3.63) is 40.1 Å². The summed E-state index contributed by atoms with van der Waals surface area (Å²) in [5.74, 6) is 0.374. The molecule has 1 aliphatic heterocycles. The summed E-state index contributed by atoms with van der Waals surface area (Å²) < 4.78 is 15.7. The van der Waals surface area contributed by atoms with E-state index in [4.69, 9.17) is 14.2 Å². The summed E-state index contributed by atoms with van der Waals surface area (Å²) in [6.45, 7) is 2.04. The zero-order valence-electron chi connectivity index (χ0n) is 10.8. The molecule has 7 nitrogen and oxygen atoms in total. The highest BCUT2D eigenvalue weighted by molar-refractivity contribution is 5.76. The first kappa shape index (κ1) is 13.9. The second-order valence-electron chi connectivity index (χ2n) is 3.98. The number of hydrogen-bond donors (Lipinski definition) is 0. The zero-order valence-corrected chi connectivity index (χ0v) is 10.8. The van der Waals surface area contributed by atoms with Crippen LogP contribution in [-0.2, 0) is 9.53 Å². The maximum absolute atomic E-state index is 11.5. The van der Waals surface area contributed by atoms with Crippen LogP contribution in [0, 0.1) is 10.1 Å². The lowest BCUT2D eigenvalue weighted by molar-refractivity contribution is -0.400. The second kappa shape index (κ2) is 6.05. The number of carbonyl (C=O) groups excluding carboxylic acids is 1. The average Bonchev–Trinajstić information content (AvgIpc) is 2.44.